The monoisotopic (exact) mass is 301 g/mol. The summed E-state index contributed by atoms with van der Waals surface area (Å²) in [6.45, 7) is 0.883. The number of aliphatic hydroxyl groups excluding tert-OH is 1. The molecule has 1 rings (SSSR count). The Bertz CT molecular complexity index is 530. The van der Waals surface area contributed by atoms with E-state index in [4.69, 9.17) is 10.8 Å². The lowest BCUT2D eigenvalue weighted by Crippen LogP contribution is -2.23. The van der Waals surface area contributed by atoms with Crippen molar-refractivity contribution in [3.05, 3.63) is 18.2 Å². The van der Waals surface area contributed by atoms with E-state index in [9.17, 15) is 8.42 Å². The van der Waals surface area contributed by atoms with Crippen LogP contribution in [-0.4, -0.2) is 45.1 Å². The van der Waals surface area contributed by atoms with Gasteiger partial charge in [0.1, 0.15) is 4.90 Å². The molecule has 4 N–H and O–H groups in total. The van der Waals surface area contributed by atoms with Gasteiger partial charge >= 0.3 is 0 Å². The molecule has 114 valence electrons. The third-order valence-electron chi connectivity index (χ3n) is 2.98. The Kier molecular flexibility index (Phi) is 6.25. The molecule has 1 aromatic carbocycles. The van der Waals surface area contributed by atoms with Crippen molar-refractivity contribution < 1.29 is 13.5 Å². The lowest BCUT2D eigenvalue weighted by molar-refractivity contribution is 0.283. The zero-order valence-electron chi connectivity index (χ0n) is 12.0. The molecule has 0 aliphatic rings. The minimum Gasteiger partial charge on any atom is -0.396 e. The Balaban J connectivity index is 2.81. The van der Waals surface area contributed by atoms with Gasteiger partial charge in [0.15, 0.2) is 0 Å². The summed E-state index contributed by atoms with van der Waals surface area (Å²) in [6, 6.07) is 4.93. The number of nitrogen functional groups attached to an aromatic ring is 1. The van der Waals surface area contributed by atoms with Crippen LogP contribution in [0.5, 0.6) is 0 Å². The van der Waals surface area contributed by atoms with Gasteiger partial charge in [-0.15, -0.1) is 0 Å². The molecule has 0 aromatic heterocycles. The quantitative estimate of drug-likeness (QED) is 0.493. The molecular formula is C13H23N3O3S. The molecule has 0 amide bonds. The molecule has 0 bridgehead atoms. The second-order valence-electron chi connectivity index (χ2n) is 4.72. The van der Waals surface area contributed by atoms with Crippen LogP contribution in [0.4, 0.5) is 11.4 Å². The van der Waals surface area contributed by atoms with E-state index in [0.29, 0.717) is 12.2 Å². The summed E-state index contributed by atoms with van der Waals surface area (Å²) in [6.07, 6.45) is 2.58. The Morgan fingerprint density at radius 3 is 2.55 bits per heavy atom. The smallest absolute Gasteiger partial charge is 0.244 e. The number of hydrogen-bond donors (Lipinski definition) is 3. The van der Waals surface area contributed by atoms with Crippen LogP contribution in [0.2, 0.25) is 0 Å². The van der Waals surface area contributed by atoms with Gasteiger partial charge in [0.25, 0.3) is 0 Å². The molecule has 0 saturated heterocycles. The van der Waals surface area contributed by atoms with E-state index >= 15 is 0 Å². The second kappa shape index (κ2) is 7.47. The van der Waals surface area contributed by atoms with Crippen molar-refractivity contribution >= 4 is 21.4 Å². The number of benzene rings is 1. The molecule has 0 aliphatic heterocycles. The number of nitrogens with one attached hydrogen (secondary N) is 1. The van der Waals surface area contributed by atoms with Gasteiger partial charge in [-0.05, 0) is 31.4 Å². The number of anilines is 2. The molecule has 0 atom stereocenters. The van der Waals surface area contributed by atoms with Gasteiger partial charge < -0.3 is 16.2 Å². The van der Waals surface area contributed by atoms with E-state index in [2.05, 4.69) is 5.32 Å². The van der Waals surface area contributed by atoms with Gasteiger partial charge in [0.05, 0.1) is 11.4 Å². The summed E-state index contributed by atoms with van der Waals surface area (Å²) in [5.41, 5.74) is 6.80. The van der Waals surface area contributed by atoms with Crippen molar-refractivity contribution in [3.63, 3.8) is 0 Å². The Labute approximate surface area is 120 Å². The number of aliphatic hydroxyl groups is 1. The summed E-state index contributed by atoms with van der Waals surface area (Å²) < 4.78 is 25.4. The number of rotatable bonds is 8. The molecule has 0 heterocycles. The molecule has 0 fully saturated rings. The maximum absolute atomic E-state index is 12.1. The van der Waals surface area contributed by atoms with Gasteiger partial charge in [0.2, 0.25) is 10.0 Å². The van der Waals surface area contributed by atoms with Crippen LogP contribution >= 0.6 is 0 Å². The van der Waals surface area contributed by atoms with Crippen LogP contribution in [0.1, 0.15) is 19.3 Å². The summed E-state index contributed by atoms with van der Waals surface area (Å²) >= 11 is 0. The SMILES string of the molecule is CN(C)S(=O)(=O)c1cccc(NCCCCCO)c1N. The predicted molar refractivity (Wildman–Crippen MR) is 81.2 cm³/mol. The highest BCUT2D eigenvalue weighted by atomic mass is 32.2. The fourth-order valence-electron chi connectivity index (χ4n) is 1.76. The van der Waals surface area contributed by atoms with Crippen molar-refractivity contribution in [3.8, 4) is 0 Å². The van der Waals surface area contributed by atoms with Gasteiger partial charge in [-0.2, -0.15) is 0 Å². The fraction of sp³-hybridized carbons (Fsp3) is 0.538. The molecule has 7 heteroatoms. The summed E-state index contributed by atoms with van der Waals surface area (Å²) in [5, 5.41) is 11.8. The number of para-hydroxylation sites is 1. The zero-order valence-corrected chi connectivity index (χ0v) is 12.8. The zero-order chi connectivity index (χ0) is 15.2. The third-order valence-corrected chi connectivity index (χ3v) is 4.85. The van der Waals surface area contributed by atoms with Gasteiger partial charge in [-0.25, -0.2) is 12.7 Å². The molecule has 0 spiro atoms. The first-order valence-corrected chi connectivity index (χ1v) is 8.01. The predicted octanol–water partition coefficient (Wildman–Crippen LogP) is 1.09. The average molecular weight is 301 g/mol. The summed E-state index contributed by atoms with van der Waals surface area (Å²) in [7, 11) is -0.582. The minimum atomic E-state index is -3.53. The van der Waals surface area contributed by atoms with Crippen LogP contribution < -0.4 is 11.1 Å². The highest BCUT2D eigenvalue weighted by Gasteiger charge is 2.21. The molecule has 0 aliphatic carbocycles. The van der Waals surface area contributed by atoms with Crippen LogP contribution in [-0.2, 0) is 10.0 Å². The van der Waals surface area contributed by atoms with Crippen LogP contribution in [0.25, 0.3) is 0 Å². The van der Waals surface area contributed by atoms with Crippen LogP contribution in [0.3, 0.4) is 0 Å². The van der Waals surface area contributed by atoms with E-state index < -0.39 is 10.0 Å². The first-order valence-electron chi connectivity index (χ1n) is 6.57. The van der Waals surface area contributed by atoms with Crippen molar-refractivity contribution in [2.24, 2.45) is 0 Å². The van der Waals surface area contributed by atoms with Crippen molar-refractivity contribution in [1.82, 2.24) is 4.31 Å². The van der Waals surface area contributed by atoms with E-state index in [1.165, 1.54) is 20.2 Å². The fourth-order valence-corrected chi connectivity index (χ4v) is 2.79. The topological polar surface area (TPSA) is 95.7 Å². The van der Waals surface area contributed by atoms with Crippen LogP contribution in [0, 0.1) is 0 Å². The second-order valence-corrected chi connectivity index (χ2v) is 6.84. The van der Waals surface area contributed by atoms with Gasteiger partial charge in [-0.1, -0.05) is 6.07 Å². The molecule has 0 saturated carbocycles. The van der Waals surface area contributed by atoms with E-state index in [1.54, 1.807) is 12.1 Å². The maximum Gasteiger partial charge on any atom is 0.244 e. The number of hydrogen-bond acceptors (Lipinski definition) is 5. The maximum atomic E-state index is 12.1. The van der Waals surface area contributed by atoms with Gasteiger partial charge in [-0.3, -0.25) is 0 Å². The summed E-state index contributed by atoms with van der Waals surface area (Å²) in [5.74, 6) is 0. The number of nitrogens with zero attached hydrogens (tertiary/aromatic N) is 1. The molecule has 6 nitrogen and oxygen atoms in total. The lowest BCUT2D eigenvalue weighted by Gasteiger charge is -2.16. The van der Waals surface area contributed by atoms with Gasteiger partial charge in [0, 0.05) is 27.2 Å². The normalized spacial score (nSPS) is 11.8. The van der Waals surface area contributed by atoms with E-state index in [1.807, 2.05) is 0 Å². The highest BCUT2D eigenvalue weighted by Crippen LogP contribution is 2.28. The number of nitrogens with two attached hydrogens (primary N) is 1. The Morgan fingerprint density at radius 2 is 1.95 bits per heavy atom. The molecule has 1 aromatic rings. The molecular weight excluding hydrogens is 278 g/mol. The first-order chi connectivity index (χ1) is 9.41. The number of unbranched alkanes of at least 4 members (excludes halogenated alkanes) is 2. The van der Waals surface area contributed by atoms with Crippen molar-refractivity contribution in [2.45, 2.75) is 24.2 Å². The van der Waals surface area contributed by atoms with E-state index in [0.717, 1.165) is 23.6 Å². The van der Waals surface area contributed by atoms with Crippen LogP contribution in [0.15, 0.2) is 23.1 Å². The van der Waals surface area contributed by atoms with Crippen molar-refractivity contribution in [1.29, 1.82) is 0 Å². The highest BCUT2D eigenvalue weighted by molar-refractivity contribution is 7.89. The summed E-state index contributed by atoms with van der Waals surface area (Å²) in [4.78, 5) is 0.114. The minimum absolute atomic E-state index is 0.114. The lowest BCUT2D eigenvalue weighted by atomic mass is 10.2. The van der Waals surface area contributed by atoms with Crippen molar-refractivity contribution in [2.75, 3.05) is 38.3 Å². The molecule has 0 radical (unpaired) electrons. The van der Waals surface area contributed by atoms with E-state index in [-0.39, 0.29) is 17.2 Å². The third kappa shape index (κ3) is 4.09. The molecule has 20 heavy (non-hydrogen) atoms. The standard InChI is InChI=1S/C13H23N3O3S/c1-16(2)20(18,19)12-8-6-7-11(13(12)14)15-9-4-3-5-10-17/h6-8,15,17H,3-5,9-10,14H2,1-2H3. The Morgan fingerprint density at radius 1 is 1.25 bits per heavy atom. The molecule has 0 unspecified atom stereocenters. The first kappa shape index (κ1) is 16.7. The Hall–Kier alpha value is -1.31. The average Bonchev–Trinajstić information content (AvgIpc) is 2.39. The number of sulfonamides is 1. The largest absolute Gasteiger partial charge is 0.396 e.